The van der Waals surface area contributed by atoms with Gasteiger partial charge in [0.15, 0.2) is 6.10 Å². The smallest absolute Gasteiger partial charge is 0.335 e. The quantitative estimate of drug-likeness (QED) is 0.0427. The standard InChI is InChI=1S/C32H40N4O17S/c1-16(2)31(47)51-13-3-4-17-5-6-20(52-32-27(43)25(41)26(42)28(53-32)30(45)46)18(14-17)34-21(37)9-11-33-29(44)19(15-54(48,49)50)35-22(38)10-12-36-23(39)7-8-24(36)40/h3-8,14,16,19,25-28,32,41-43H,9-13,15H2,1-2H3,(H,33,44)(H,34,37)(H,35,38)(H,45,46)(H,48,49,50)/b4-3+/t19-,25-,26-,27+,28-,32+/m0/s1. The van der Waals surface area contributed by atoms with Crippen LogP contribution in [0.1, 0.15) is 32.3 Å². The van der Waals surface area contributed by atoms with Crippen molar-refractivity contribution in [1.82, 2.24) is 15.5 Å². The normalized spacial score (nSPS) is 21.9. The van der Waals surface area contributed by atoms with E-state index in [4.69, 9.17) is 14.2 Å². The lowest BCUT2D eigenvalue weighted by molar-refractivity contribution is -0.271. The second-order valence-electron chi connectivity index (χ2n) is 12.2. The van der Waals surface area contributed by atoms with E-state index in [0.717, 1.165) is 17.1 Å². The van der Waals surface area contributed by atoms with Crippen molar-refractivity contribution in [3.63, 3.8) is 0 Å². The van der Waals surface area contributed by atoms with Crippen molar-refractivity contribution in [3.8, 4) is 5.75 Å². The number of hydrogen-bond acceptors (Lipinski definition) is 15. The van der Waals surface area contributed by atoms with E-state index in [1.807, 2.05) is 0 Å². The van der Waals surface area contributed by atoms with Crippen LogP contribution in [0.5, 0.6) is 5.75 Å². The Hall–Kier alpha value is -5.26. The number of benzene rings is 1. The average Bonchev–Trinajstić information content (AvgIpc) is 3.41. The van der Waals surface area contributed by atoms with Gasteiger partial charge < -0.3 is 50.6 Å². The van der Waals surface area contributed by atoms with E-state index < -0.39 is 113 Å². The number of esters is 1. The minimum absolute atomic E-state index is 0.0934. The summed E-state index contributed by atoms with van der Waals surface area (Å²) >= 11 is 0. The van der Waals surface area contributed by atoms with Crippen molar-refractivity contribution in [2.24, 2.45) is 5.92 Å². The molecule has 0 spiro atoms. The number of hydrogen-bond donors (Lipinski definition) is 8. The van der Waals surface area contributed by atoms with Crippen LogP contribution < -0.4 is 20.7 Å². The first-order chi connectivity index (χ1) is 25.3. The molecule has 0 aromatic heterocycles. The summed E-state index contributed by atoms with van der Waals surface area (Å²) in [5.74, 6) is -8.12. The van der Waals surface area contributed by atoms with Gasteiger partial charge in [-0.25, -0.2) is 4.79 Å². The van der Waals surface area contributed by atoms with Gasteiger partial charge >= 0.3 is 11.9 Å². The molecule has 2 aliphatic heterocycles. The molecule has 0 aliphatic carbocycles. The first-order valence-corrected chi connectivity index (χ1v) is 17.8. The first kappa shape index (κ1) is 43.1. The van der Waals surface area contributed by atoms with Gasteiger partial charge in [-0.05, 0) is 23.8 Å². The maximum Gasteiger partial charge on any atom is 0.335 e. The van der Waals surface area contributed by atoms with Crippen molar-refractivity contribution >= 4 is 63.4 Å². The van der Waals surface area contributed by atoms with Gasteiger partial charge in [-0.15, -0.1) is 0 Å². The van der Waals surface area contributed by atoms with Gasteiger partial charge in [0.2, 0.25) is 24.0 Å². The molecule has 3 rings (SSSR count). The van der Waals surface area contributed by atoms with E-state index in [-0.39, 0.29) is 30.5 Å². The highest BCUT2D eigenvalue weighted by Crippen LogP contribution is 2.31. The first-order valence-electron chi connectivity index (χ1n) is 16.2. The SMILES string of the molecule is CC(C)C(=O)OC/C=C/c1ccc(O[C@@H]2O[C@H](C(=O)O)[C@@H](O)[C@H](O)[C@H]2O)c(NC(=O)CCNC(=O)[C@H](CS(=O)(=O)O)NC(=O)CCN2C(=O)C=CC2=O)c1. The number of rotatable bonds is 18. The molecule has 1 aromatic rings. The Balaban J connectivity index is 1.70. The summed E-state index contributed by atoms with van der Waals surface area (Å²) in [7, 11) is -4.82. The zero-order valence-electron chi connectivity index (χ0n) is 28.8. The molecule has 296 valence electrons. The van der Waals surface area contributed by atoms with E-state index >= 15 is 0 Å². The molecule has 54 heavy (non-hydrogen) atoms. The fourth-order valence-corrected chi connectivity index (χ4v) is 5.42. The molecule has 22 heteroatoms. The number of carboxylic acid groups (broad SMARTS) is 1. The Labute approximate surface area is 307 Å². The van der Waals surface area contributed by atoms with Gasteiger partial charge in [0.05, 0.1) is 11.6 Å². The largest absolute Gasteiger partial charge is 0.479 e. The van der Waals surface area contributed by atoms with Crippen LogP contribution in [-0.2, 0) is 53.2 Å². The number of carboxylic acids is 1. The predicted octanol–water partition coefficient (Wildman–Crippen LogP) is -2.70. The van der Waals surface area contributed by atoms with Crippen LogP contribution >= 0.6 is 0 Å². The van der Waals surface area contributed by atoms with Crippen LogP contribution in [0.3, 0.4) is 0 Å². The molecular formula is C32H40N4O17S. The second-order valence-corrected chi connectivity index (χ2v) is 13.7. The fourth-order valence-electron chi connectivity index (χ4n) is 4.77. The fraction of sp³-hybridized carbons (Fsp3) is 0.469. The van der Waals surface area contributed by atoms with Crippen LogP contribution in [0.2, 0.25) is 0 Å². The lowest BCUT2D eigenvalue weighted by atomic mass is 9.99. The summed E-state index contributed by atoms with van der Waals surface area (Å²) in [5.41, 5.74) is 0.312. The number of carbonyl (C=O) groups is 7. The third-order valence-corrected chi connectivity index (χ3v) is 8.34. The van der Waals surface area contributed by atoms with Crippen molar-refractivity contribution in [2.45, 2.75) is 63.4 Å². The van der Waals surface area contributed by atoms with Crippen LogP contribution in [0.4, 0.5) is 5.69 Å². The summed E-state index contributed by atoms with van der Waals surface area (Å²) in [6, 6.07) is 2.27. The van der Waals surface area contributed by atoms with E-state index in [1.165, 1.54) is 30.4 Å². The monoisotopic (exact) mass is 784 g/mol. The van der Waals surface area contributed by atoms with Crippen LogP contribution in [-0.4, -0.2) is 142 Å². The molecule has 6 atom stereocenters. The lowest BCUT2D eigenvalue weighted by Gasteiger charge is -2.38. The minimum Gasteiger partial charge on any atom is -0.479 e. The average molecular weight is 785 g/mol. The molecule has 1 fully saturated rings. The molecule has 21 nitrogen and oxygen atoms in total. The number of carbonyl (C=O) groups excluding carboxylic acids is 6. The van der Waals surface area contributed by atoms with E-state index in [0.29, 0.717) is 5.56 Å². The number of aliphatic carboxylic acids is 1. The second kappa shape index (κ2) is 19.2. The number of nitrogens with one attached hydrogen (secondary N) is 3. The highest BCUT2D eigenvalue weighted by Gasteiger charge is 2.48. The van der Waals surface area contributed by atoms with Crippen molar-refractivity contribution in [3.05, 3.63) is 42.0 Å². The van der Waals surface area contributed by atoms with Gasteiger partial charge in [0, 0.05) is 38.1 Å². The van der Waals surface area contributed by atoms with Crippen molar-refractivity contribution in [2.75, 3.05) is 30.8 Å². The number of imide groups is 1. The van der Waals surface area contributed by atoms with Crippen molar-refractivity contribution in [1.29, 1.82) is 0 Å². The summed E-state index contributed by atoms with van der Waals surface area (Å²) in [6.07, 6.45) is -5.77. The highest BCUT2D eigenvalue weighted by atomic mass is 32.2. The Morgan fingerprint density at radius 3 is 2.26 bits per heavy atom. The maximum absolute atomic E-state index is 13.0. The molecule has 0 saturated carbocycles. The molecule has 1 saturated heterocycles. The summed E-state index contributed by atoms with van der Waals surface area (Å²) in [5, 5.41) is 46.8. The van der Waals surface area contributed by atoms with Gasteiger partial charge in [-0.2, -0.15) is 8.42 Å². The van der Waals surface area contributed by atoms with E-state index in [2.05, 4.69) is 16.0 Å². The van der Waals surface area contributed by atoms with Crippen molar-refractivity contribution < 1.29 is 81.2 Å². The molecule has 2 aliphatic rings. The van der Waals surface area contributed by atoms with Gasteiger partial charge in [-0.1, -0.05) is 26.0 Å². The van der Waals surface area contributed by atoms with E-state index in [9.17, 15) is 67.0 Å². The molecule has 0 bridgehead atoms. The molecule has 2 heterocycles. The summed E-state index contributed by atoms with van der Waals surface area (Å²) < 4.78 is 48.3. The Morgan fingerprint density at radius 2 is 1.65 bits per heavy atom. The number of anilines is 1. The lowest BCUT2D eigenvalue weighted by Crippen LogP contribution is -2.61. The molecule has 0 unspecified atom stereocenters. The molecule has 5 amide bonds. The Morgan fingerprint density at radius 1 is 0.981 bits per heavy atom. The topological polar surface area (TPSA) is 322 Å². The number of aliphatic hydroxyl groups excluding tert-OH is 3. The van der Waals surface area contributed by atoms with Crippen LogP contribution in [0, 0.1) is 5.92 Å². The minimum atomic E-state index is -4.82. The zero-order valence-corrected chi connectivity index (χ0v) is 29.6. The van der Waals surface area contributed by atoms with Gasteiger partial charge in [0.1, 0.15) is 42.5 Å². The zero-order chi connectivity index (χ0) is 40.3. The third kappa shape index (κ3) is 12.7. The number of ether oxygens (including phenoxy) is 3. The van der Waals surface area contributed by atoms with Gasteiger partial charge in [0.25, 0.3) is 21.9 Å². The molecule has 1 aromatic carbocycles. The summed E-state index contributed by atoms with van der Waals surface area (Å²) in [6.45, 7) is 2.38. The third-order valence-electron chi connectivity index (χ3n) is 7.58. The van der Waals surface area contributed by atoms with Crippen LogP contribution in [0.25, 0.3) is 6.08 Å². The molecule has 8 N–H and O–H groups in total. The van der Waals surface area contributed by atoms with Gasteiger partial charge in [-0.3, -0.25) is 38.2 Å². The van der Waals surface area contributed by atoms with Crippen LogP contribution in [0.15, 0.2) is 36.4 Å². The molecule has 0 radical (unpaired) electrons. The summed E-state index contributed by atoms with van der Waals surface area (Å²) in [4.78, 5) is 85.6. The highest BCUT2D eigenvalue weighted by molar-refractivity contribution is 7.85. The number of aliphatic hydroxyl groups is 3. The number of amides is 5. The number of nitrogens with zero attached hydrogens (tertiary/aromatic N) is 1. The predicted molar refractivity (Wildman–Crippen MR) is 181 cm³/mol. The Bertz CT molecular complexity index is 1760. The molecular weight excluding hydrogens is 744 g/mol. The van der Waals surface area contributed by atoms with E-state index in [1.54, 1.807) is 13.8 Å². The maximum atomic E-state index is 13.0. The Kier molecular flexibility index (Phi) is 15.3.